The summed E-state index contributed by atoms with van der Waals surface area (Å²) in [6.45, 7) is 6.48. The van der Waals surface area contributed by atoms with Crippen molar-refractivity contribution in [1.29, 1.82) is 0 Å². The lowest BCUT2D eigenvalue weighted by molar-refractivity contribution is 0.310. The topological polar surface area (TPSA) is 62.6 Å². The molecule has 0 aromatic carbocycles. The number of thioether (sulfide) groups is 1. The fourth-order valence-electron chi connectivity index (χ4n) is 5.59. The first kappa shape index (κ1) is 20.5. The van der Waals surface area contributed by atoms with Gasteiger partial charge in [0.1, 0.15) is 11.2 Å². The van der Waals surface area contributed by atoms with E-state index >= 15 is 0 Å². The number of anilines is 1. The van der Waals surface area contributed by atoms with E-state index in [2.05, 4.69) is 28.4 Å². The normalized spacial score (nSPS) is 26.8. The fraction of sp³-hybridized carbons (Fsp3) is 0.560. The monoisotopic (exact) mass is 449 g/mol. The molecule has 4 heterocycles. The SMILES string of the molecule is CCOc1nc2c(c(N3CCNCC3)n1)SC1N=C(C3=CCCC=C3)C3=C(CCCC3)C21. The van der Waals surface area contributed by atoms with Crippen LogP contribution in [0.2, 0.25) is 0 Å². The maximum Gasteiger partial charge on any atom is 0.318 e. The zero-order chi connectivity index (χ0) is 21.5. The van der Waals surface area contributed by atoms with Gasteiger partial charge >= 0.3 is 6.01 Å². The lowest BCUT2D eigenvalue weighted by Crippen LogP contribution is -2.44. The molecule has 6 rings (SSSR count). The van der Waals surface area contributed by atoms with Crippen LogP contribution in [-0.2, 0) is 0 Å². The van der Waals surface area contributed by atoms with Gasteiger partial charge in [-0.05, 0) is 56.6 Å². The van der Waals surface area contributed by atoms with Crippen LogP contribution in [0.1, 0.15) is 57.1 Å². The van der Waals surface area contributed by atoms with Crippen molar-refractivity contribution in [3.8, 4) is 6.01 Å². The standard InChI is InChI=1S/C25H31N5OS/c1-2-31-25-28-21-19-17-10-6-7-11-18(17)20(16-8-4-3-5-9-16)27-24(19)32-22(21)23(29-25)30-14-12-26-13-15-30/h4,8-9,19,24,26H,2-3,5-7,10-15H2,1H3. The molecule has 1 N–H and O–H groups in total. The van der Waals surface area contributed by atoms with E-state index in [-0.39, 0.29) is 11.3 Å². The van der Waals surface area contributed by atoms with Crippen molar-refractivity contribution >= 4 is 23.3 Å². The van der Waals surface area contributed by atoms with Gasteiger partial charge in [0.25, 0.3) is 0 Å². The number of dihydropyridines is 1. The van der Waals surface area contributed by atoms with E-state index in [9.17, 15) is 0 Å². The fourth-order valence-corrected chi connectivity index (χ4v) is 6.99. The van der Waals surface area contributed by atoms with Crippen molar-refractivity contribution < 1.29 is 4.74 Å². The van der Waals surface area contributed by atoms with Gasteiger partial charge in [0.2, 0.25) is 0 Å². The average Bonchev–Trinajstić information content (AvgIpc) is 3.23. The van der Waals surface area contributed by atoms with E-state index in [0.717, 1.165) is 63.4 Å². The zero-order valence-corrected chi connectivity index (χ0v) is 19.6. The third-order valence-electron chi connectivity index (χ3n) is 7.06. The Labute approximate surface area is 194 Å². The summed E-state index contributed by atoms with van der Waals surface area (Å²) in [7, 11) is 0. The summed E-state index contributed by atoms with van der Waals surface area (Å²) in [5.74, 6) is 1.30. The summed E-state index contributed by atoms with van der Waals surface area (Å²) in [4.78, 5) is 18.9. The molecule has 0 bridgehead atoms. The summed E-state index contributed by atoms with van der Waals surface area (Å²) in [6, 6.07) is 0.520. The summed E-state index contributed by atoms with van der Waals surface area (Å²) in [5.41, 5.74) is 6.79. The van der Waals surface area contributed by atoms with Gasteiger partial charge in [0.05, 0.1) is 28.8 Å². The number of nitrogens with one attached hydrogen (secondary N) is 1. The number of nitrogens with zero attached hydrogens (tertiary/aromatic N) is 4. The number of rotatable bonds is 4. The molecule has 7 heteroatoms. The van der Waals surface area contributed by atoms with Gasteiger partial charge in [-0.1, -0.05) is 35.6 Å². The van der Waals surface area contributed by atoms with Crippen LogP contribution in [-0.4, -0.2) is 53.8 Å². The highest BCUT2D eigenvalue weighted by Crippen LogP contribution is 2.56. The number of piperazine rings is 1. The molecule has 0 amide bonds. The Balaban J connectivity index is 1.46. The summed E-state index contributed by atoms with van der Waals surface area (Å²) in [5, 5.41) is 3.61. The van der Waals surface area contributed by atoms with Gasteiger partial charge in [-0.15, -0.1) is 0 Å². The predicted molar refractivity (Wildman–Crippen MR) is 130 cm³/mol. The molecule has 1 saturated heterocycles. The largest absolute Gasteiger partial charge is 0.464 e. The van der Waals surface area contributed by atoms with Crippen molar-refractivity contribution in [3.63, 3.8) is 0 Å². The summed E-state index contributed by atoms with van der Waals surface area (Å²) in [6.07, 6.45) is 14.0. The highest BCUT2D eigenvalue weighted by molar-refractivity contribution is 8.00. The Morgan fingerprint density at radius 3 is 2.84 bits per heavy atom. The van der Waals surface area contributed by atoms with E-state index in [0.29, 0.717) is 12.6 Å². The molecule has 3 aliphatic heterocycles. The van der Waals surface area contributed by atoms with Crippen LogP contribution in [0.4, 0.5) is 5.82 Å². The second-order valence-corrected chi connectivity index (χ2v) is 10.2. The van der Waals surface area contributed by atoms with Crippen LogP contribution in [0.15, 0.2) is 44.8 Å². The minimum Gasteiger partial charge on any atom is -0.464 e. The first-order valence-electron chi connectivity index (χ1n) is 12.2. The van der Waals surface area contributed by atoms with Crippen molar-refractivity contribution in [3.05, 3.63) is 40.6 Å². The number of aliphatic imine (C=N–C) groups is 1. The Hall–Kier alpha value is -2.12. The van der Waals surface area contributed by atoms with Crippen molar-refractivity contribution in [1.82, 2.24) is 15.3 Å². The average molecular weight is 450 g/mol. The summed E-state index contributed by atoms with van der Waals surface area (Å²) >= 11 is 1.88. The molecule has 2 unspecified atom stereocenters. The molecule has 1 aromatic heterocycles. The highest BCUT2D eigenvalue weighted by atomic mass is 32.2. The van der Waals surface area contributed by atoms with Crippen molar-refractivity contribution in [2.24, 2.45) is 4.99 Å². The maximum atomic E-state index is 5.85. The first-order valence-corrected chi connectivity index (χ1v) is 13.1. The van der Waals surface area contributed by atoms with Crippen LogP contribution >= 0.6 is 11.8 Å². The van der Waals surface area contributed by atoms with Gasteiger partial charge in [-0.3, -0.25) is 4.99 Å². The summed E-state index contributed by atoms with van der Waals surface area (Å²) < 4.78 is 5.85. The number of hydrogen-bond acceptors (Lipinski definition) is 7. The molecule has 6 nitrogen and oxygen atoms in total. The first-order chi connectivity index (χ1) is 15.8. The number of hydrogen-bond donors (Lipinski definition) is 1. The molecular weight excluding hydrogens is 418 g/mol. The smallest absolute Gasteiger partial charge is 0.318 e. The molecule has 0 spiro atoms. The Morgan fingerprint density at radius 1 is 1.16 bits per heavy atom. The Bertz CT molecular complexity index is 1040. The van der Waals surface area contributed by atoms with Crippen molar-refractivity contribution in [2.75, 3.05) is 37.7 Å². The van der Waals surface area contributed by atoms with Crippen molar-refractivity contribution in [2.45, 2.75) is 61.6 Å². The molecule has 5 aliphatic rings. The third-order valence-corrected chi connectivity index (χ3v) is 8.30. The molecule has 1 fully saturated rings. The maximum absolute atomic E-state index is 5.85. The minimum atomic E-state index is 0.154. The highest BCUT2D eigenvalue weighted by Gasteiger charge is 2.45. The molecule has 2 atom stereocenters. The molecule has 0 saturated carbocycles. The Kier molecular flexibility index (Phi) is 5.55. The number of ether oxygens (including phenoxy) is 1. The second-order valence-electron chi connectivity index (χ2n) is 9.03. The van der Waals surface area contributed by atoms with Gasteiger partial charge in [0.15, 0.2) is 0 Å². The number of aromatic nitrogens is 2. The van der Waals surface area contributed by atoms with E-state index in [4.69, 9.17) is 19.7 Å². The minimum absolute atomic E-state index is 0.154. The predicted octanol–water partition coefficient (Wildman–Crippen LogP) is 4.40. The lowest BCUT2D eigenvalue weighted by Gasteiger charge is -2.33. The third kappa shape index (κ3) is 3.50. The quantitative estimate of drug-likeness (QED) is 0.735. The zero-order valence-electron chi connectivity index (χ0n) is 18.8. The van der Waals surface area contributed by atoms with Gasteiger partial charge in [0, 0.05) is 26.2 Å². The van der Waals surface area contributed by atoms with E-state index in [1.165, 1.54) is 34.6 Å². The van der Waals surface area contributed by atoms with E-state index in [1.807, 2.05) is 18.7 Å². The molecule has 1 aromatic rings. The second kappa shape index (κ2) is 8.67. The van der Waals surface area contributed by atoms with Crippen LogP contribution in [0.3, 0.4) is 0 Å². The molecule has 0 radical (unpaired) electrons. The molecule has 168 valence electrons. The van der Waals surface area contributed by atoms with Gasteiger partial charge < -0.3 is 15.0 Å². The van der Waals surface area contributed by atoms with Crippen LogP contribution in [0.5, 0.6) is 6.01 Å². The number of fused-ring (bicyclic) bond motifs is 4. The van der Waals surface area contributed by atoms with E-state index in [1.54, 1.807) is 5.57 Å². The lowest BCUT2D eigenvalue weighted by atomic mass is 9.77. The van der Waals surface area contributed by atoms with E-state index < -0.39 is 0 Å². The number of allylic oxidation sites excluding steroid dienone is 5. The Morgan fingerprint density at radius 2 is 2.03 bits per heavy atom. The molecule has 2 aliphatic carbocycles. The van der Waals surface area contributed by atoms with Gasteiger partial charge in [-0.2, -0.15) is 9.97 Å². The molecule has 32 heavy (non-hydrogen) atoms. The molecular formula is C25H31N5OS. The van der Waals surface area contributed by atoms with Crippen LogP contribution in [0.25, 0.3) is 0 Å². The van der Waals surface area contributed by atoms with Crippen LogP contribution < -0.4 is 15.0 Å². The van der Waals surface area contributed by atoms with Gasteiger partial charge in [-0.25, -0.2) is 0 Å². The van der Waals surface area contributed by atoms with Crippen LogP contribution in [0, 0.1) is 0 Å².